The molecule has 0 bridgehead atoms. The molecular weight excluding hydrogens is 272 g/mol. The molecule has 0 fully saturated rings. The maximum Gasteiger partial charge on any atom is 0.313 e. The van der Waals surface area contributed by atoms with Crippen LogP contribution in [0.4, 0.5) is 5.69 Å². The van der Waals surface area contributed by atoms with Gasteiger partial charge in [0.25, 0.3) is 5.69 Å². The lowest BCUT2D eigenvalue weighted by atomic mass is 9.81. The molecule has 0 aliphatic rings. The van der Waals surface area contributed by atoms with Crippen LogP contribution in [0.2, 0.25) is 0 Å². The number of nitro benzene ring substituents is 1. The fraction of sp³-hybridized carbons (Fsp3) is 0.533. The van der Waals surface area contributed by atoms with Gasteiger partial charge in [-0.25, -0.2) is 0 Å². The van der Waals surface area contributed by atoms with Crippen molar-refractivity contribution in [2.75, 3.05) is 0 Å². The summed E-state index contributed by atoms with van der Waals surface area (Å²) in [5.41, 5.74) is 5.00. The summed E-state index contributed by atoms with van der Waals surface area (Å²) in [5.74, 6) is -0.436. The quantitative estimate of drug-likeness (QED) is 0.523. The fourth-order valence-electron chi connectivity index (χ4n) is 1.79. The van der Waals surface area contributed by atoms with E-state index in [1.54, 1.807) is 46.8 Å². The number of nitrogens with two attached hydrogens (primary N) is 1. The second-order valence-corrected chi connectivity index (χ2v) is 6.55. The van der Waals surface area contributed by atoms with E-state index < -0.39 is 28.0 Å². The van der Waals surface area contributed by atoms with Crippen LogP contribution in [-0.2, 0) is 9.53 Å². The summed E-state index contributed by atoms with van der Waals surface area (Å²) in [6.07, 6.45) is 0. The van der Waals surface area contributed by atoms with Crippen LogP contribution in [0.5, 0.6) is 0 Å². The standard InChI is InChI=1S/C15H22N2O4/c1-14(2,3)21-13(18)15(4,5)12(16)10-7-6-8-11(9-10)17(19)20/h6-9,12H,16H2,1-5H3/t12-/m1/s1. The fourth-order valence-corrected chi connectivity index (χ4v) is 1.79. The molecule has 0 spiro atoms. The summed E-state index contributed by atoms with van der Waals surface area (Å²) in [6, 6.07) is 5.29. The normalized spacial score (nSPS) is 13.6. The van der Waals surface area contributed by atoms with Crippen molar-refractivity contribution in [3.8, 4) is 0 Å². The van der Waals surface area contributed by atoms with Crippen molar-refractivity contribution in [1.82, 2.24) is 0 Å². The Morgan fingerprint density at radius 2 is 1.86 bits per heavy atom. The summed E-state index contributed by atoms with van der Waals surface area (Å²) in [7, 11) is 0. The molecule has 1 aromatic rings. The van der Waals surface area contributed by atoms with Gasteiger partial charge < -0.3 is 10.5 Å². The first kappa shape index (κ1) is 17.1. The first-order chi connectivity index (χ1) is 9.45. The molecule has 1 atom stereocenters. The van der Waals surface area contributed by atoms with Gasteiger partial charge in [0.2, 0.25) is 0 Å². The molecule has 0 aliphatic heterocycles. The second-order valence-electron chi connectivity index (χ2n) is 6.55. The molecule has 2 N–H and O–H groups in total. The number of non-ortho nitro benzene ring substituents is 1. The minimum Gasteiger partial charge on any atom is -0.460 e. The van der Waals surface area contributed by atoms with Crippen molar-refractivity contribution in [2.24, 2.45) is 11.1 Å². The van der Waals surface area contributed by atoms with Gasteiger partial charge in [-0.1, -0.05) is 12.1 Å². The van der Waals surface area contributed by atoms with Gasteiger partial charge in [0, 0.05) is 18.2 Å². The Morgan fingerprint density at radius 3 is 2.33 bits per heavy atom. The molecule has 6 nitrogen and oxygen atoms in total. The minimum atomic E-state index is -0.998. The molecule has 0 radical (unpaired) electrons. The zero-order chi connectivity index (χ0) is 16.4. The third-order valence-electron chi connectivity index (χ3n) is 3.14. The van der Waals surface area contributed by atoms with E-state index in [-0.39, 0.29) is 5.69 Å². The molecule has 0 amide bonds. The van der Waals surface area contributed by atoms with Gasteiger partial charge in [-0.15, -0.1) is 0 Å². The predicted molar refractivity (Wildman–Crippen MR) is 79.7 cm³/mol. The highest BCUT2D eigenvalue weighted by molar-refractivity contribution is 5.77. The van der Waals surface area contributed by atoms with E-state index in [9.17, 15) is 14.9 Å². The number of nitro groups is 1. The van der Waals surface area contributed by atoms with Crippen LogP contribution in [0.15, 0.2) is 24.3 Å². The Hall–Kier alpha value is -1.95. The van der Waals surface area contributed by atoms with E-state index in [1.807, 2.05) is 0 Å². The molecule has 1 aromatic carbocycles. The average Bonchev–Trinajstić information content (AvgIpc) is 2.35. The van der Waals surface area contributed by atoms with Crippen molar-refractivity contribution in [3.63, 3.8) is 0 Å². The van der Waals surface area contributed by atoms with Gasteiger partial charge in [-0.05, 0) is 40.2 Å². The maximum absolute atomic E-state index is 12.3. The number of carbonyl (C=O) groups excluding carboxylic acids is 1. The summed E-state index contributed by atoms with van der Waals surface area (Å²) in [5, 5.41) is 10.8. The van der Waals surface area contributed by atoms with E-state index in [0.717, 1.165) is 0 Å². The molecular formula is C15H22N2O4. The zero-order valence-corrected chi connectivity index (χ0v) is 13.0. The highest BCUT2D eigenvalue weighted by atomic mass is 16.6. The van der Waals surface area contributed by atoms with Gasteiger partial charge in [0.1, 0.15) is 5.60 Å². The number of rotatable bonds is 4. The average molecular weight is 294 g/mol. The smallest absolute Gasteiger partial charge is 0.313 e. The van der Waals surface area contributed by atoms with Gasteiger partial charge >= 0.3 is 5.97 Å². The van der Waals surface area contributed by atoms with Crippen LogP contribution in [-0.4, -0.2) is 16.5 Å². The number of benzene rings is 1. The Morgan fingerprint density at radius 1 is 1.29 bits per heavy atom. The number of esters is 1. The topological polar surface area (TPSA) is 95.5 Å². The lowest BCUT2D eigenvalue weighted by Crippen LogP contribution is -2.41. The highest BCUT2D eigenvalue weighted by Crippen LogP contribution is 2.35. The molecule has 6 heteroatoms. The molecule has 0 heterocycles. The summed E-state index contributed by atoms with van der Waals surface area (Å²) in [4.78, 5) is 22.6. The SMILES string of the molecule is CC(C)(C)OC(=O)C(C)(C)[C@H](N)c1cccc([N+](=O)[O-])c1. The van der Waals surface area contributed by atoms with Gasteiger partial charge in [0.05, 0.1) is 10.3 Å². The third-order valence-corrected chi connectivity index (χ3v) is 3.14. The predicted octanol–water partition coefficient (Wildman–Crippen LogP) is 2.96. The van der Waals surface area contributed by atoms with E-state index >= 15 is 0 Å². The molecule has 0 saturated heterocycles. The number of nitrogens with zero attached hydrogens (tertiary/aromatic N) is 1. The zero-order valence-electron chi connectivity index (χ0n) is 13.0. The van der Waals surface area contributed by atoms with Crippen LogP contribution in [0, 0.1) is 15.5 Å². The Labute approximate surface area is 124 Å². The van der Waals surface area contributed by atoms with Gasteiger partial charge in [-0.3, -0.25) is 14.9 Å². The number of carbonyl (C=O) groups is 1. The summed E-state index contributed by atoms with van der Waals surface area (Å²) in [6.45, 7) is 8.68. The third kappa shape index (κ3) is 4.26. The molecule has 0 unspecified atom stereocenters. The van der Waals surface area contributed by atoms with E-state index in [1.165, 1.54) is 12.1 Å². The first-order valence-electron chi connectivity index (χ1n) is 6.68. The Bertz CT molecular complexity index is 547. The van der Waals surface area contributed by atoms with Crippen LogP contribution in [0.1, 0.15) is 46.2 Å². The number of hydrogen-bond acceptors (Lipinski definition) is 5. The minimum absolute atomic E-state index is 0.0528. The molecule has 0 aromatic heterocycles. The van der Waals surface area contributed by atoms with Gasteiger partial charge in [-0.2, -0.15) is 0 Å². The van der Waals surface area contributed by atoms with Crippen LogP contribution >= 0.6 is 0 Å². The molecule has 0 saturated carbocycles. The highest BCUT2D eigenvalue weighted by Gasteiger charge is 2.39. The van der Waals surface area contributed by atoms with Gasteiger partial charge in [0.15, 0.2) is 0 Å². The Kier molecular flexibility index (Phi) is 4.73. The lowest BCUT2D eigenvalue weighted by molar-refractivity contribution is -0.384. The summed E-state index contributed by atoms with van der Waals surface area (Å²) < 4.78 is 5.37. The molecule has 1 rings (SSSR count). The van der Waals surface area contributed by atoms with E-state index in [0.29, 0.717) is 5.56 Å². The molecule has 116 valence electrons. The lowest BCUT2D eigenvalue weighted by Gasteiger charge is -2.32. The number of hydrogen-bond donors (Lipinski definition) is 1. The van der Waals surface area contributed by atoms with Crippen LogP contribution in [0.3, 0.4) is 0 Å². The Balaban J connectivity index is 3.05. The van der Waals surface area contributed by atoms with Crippen molar-refractivity contribution >= 4 is 11.7 Å². The molecule has 21 heavy (non-hydrogen) atoms. The number of ether oxygens (including phenoxy) is 1. The monoisotopic (exact) mass is 294 g/mol. The first-order valence-corrected chi connectivity index (χ1v) is 6.68. The summed E-state index contributed by atoms with van der Waals surface area (Å²) >= 11 is 0. The van der Waals surface area contributed by atoms with Crippen molar-refractivity contribution in [3.05, 3.63) is 39.9 Å². The second kappa shape index (κ2) is 5.81. The van der Waals surface area contributed by atoms with E-state index in [4.69, 9.17) is 10.5 Å². The molecule has 0 aliphatic carbocycles. The van der Waals surface area contributed by atoms with Crippen molar-refractivity contribution < 1.29 is 14.5 Å². The maximum atomic E-state index is 12.3. The largest absolute Gasteiger partial charge is 0.460 e. The van der Waals surface area contributed by atoms with E-state index in [2.05, 4.69) is 0 Å². The van der Waals surface area contributed by atoms with Crippen molar-refractivity contribution in [1.29, 1.82) is 0 Å². The van der Waals surface area contributed by atoms with Crippen LogP contribution in [0.25, 0.3) is 0 Å². The van der Waals surface area contributed by atoms with Crippen molar-refractivity contribution in [2.45, 2.75) is 46.3 Å². The van der Waals surface area contributed by atoms with Crippen LogP contribution < -0.4 is 5.73 Å².